The SMILES string of the molecule is COc1cc2nccc(Cl)c2cc1N1CCOC(CC(N)=O)C1. The number of nitrogens with zero attached hydrogens (tertiary/aromatic N) is 2. The maximum absolute atomic E-state index is 11.1. The van der Waals surface area contributed by atoms with Gasteiger partial charge < -0.3 is 20.1 Å². The number of hydrogen-bond acceptors (Lipinski definition) is 5. The third-order valence-corrected chi connectivity index (χ3v) is 4.23. The summed E-state index contributed by atoms with van der Waals surface area (Å²) >= 11 is 6.28. The quantitative estimate of drug-likeness (QED) is 0.924. The number of aromatic nitrogens is 1. The Balaban J connectivity index is 1.97. The number of hydrogen-bond donors (Lipinski definition) is 1. The molecule has 0 saturated carbocycles. The Bertz CT molecular complexity index is 738. The van der Waals surface area contributed by atoms with Gasteiger partial charge in [0.2, 0.25) is 5.91 Å². The monoisotopic (exact) mass is 335 g/mol. The summed E-state index contributed by atoms with van der Waals surface area (Å²) in [5.41, 5.74) is 6.96. The first-order valence-corrected chi connectivity index (χ1v) is 7.73. The number of halogens is 1. The number of fused-ring (bicyclic) bond motifs is 1. The van der Waals surface area contributed by atoms with Crippen molar-refractivity contribution in [3.05, 3.63) is 29.4 Å². The van der Waals surface area contributed by atoms with Gasteiger partial charge in [-0.1, -0.05) is 11.6 Å². The molecule has 7 heteroatoms. The van der Waals surface area contributed by atoms with Gasteiger partial charge in [-0.25, -0.2) is 0 Å². The molecule has 2 heterocycles. The minimum absolute atomic E-state index is 0.203. The first kappa shape index (κ1) is 15.8. The number of carbonyl (C=O) groups excluding carboxylic acids is 1. The van der Waals surface area contributed by atoms with E-state index in [2.05, 4.69) is 9.88 Å². The molecule has 0 radical (unpaired) electrons. The van der Waals surface area contributed by atoms with Gasteiger partial charge in [0.05, 0.1) is 42.5 Å². The molecule has 0 bridgehead atoms. The number of amides is 1. The van der Waals surface area contributed by atoms with Crippen LogP contribution in [0.2, 0.25) is 5.02 Å². The summed E-state index contributed by atoms with van der Waals surface area (Å²) in [5, 5.41) is 1.50. The van der Waals surface area contributed by atoms with Crippen LogP contribution in [0.4, 0.5) is 5.69 Å². The maximum Gasteiger partial charge on any atom is 0.220 e. The van der Waals surface area contributed by atoms with Crippen LogP contribution in [-0.2, 0) is 9.53 Å². The van der Waals surface area contributed by atoms with Crippen LogP contribution in [0.25, 0.3) is 10.9 Å². The molecule has 1 atom stereocenters. The molecule has 23 heavy (non-hydrogen) atoms. The van der Waals surface area contributed by atoms with E-state index < -0.39 is 0 Å². The summed E-state index contributed by atoms with van der Waals surface area (Å²) < 4.78 is 11.1. The van der Waals surface area contributed by atoms with Crippen molar-refractivity contribution < 1.29 is 14.3 Å². The summed E-state index contributed by atoms with van der Waals surface area (Å²) in [4.78, 5) is 17.6. The van der Waals surface area contributed by atoms with Crippen molar-refractivity contribution in [2.75, 3.05) is 31.7 Å². The van der Waals surface area contributed by atoms with Crippen molar-refractivity contribution in [1.82, 2.24) is 4.98 Å². The highest BCUT2D eigenvalue weighted by Crippen LogP contribution is 2.36. The Kier molecular flexibility index (Phi) is 4.54. The van der Waals surface area contributed by atoms with E-state index in [0.29, 0.717) is 30.5 Å². The van der Waals surface area contributed by atoms with E-state index in [1.165, 1.54) is 0 Å². The van der Waals surface area contributed by atoms with Crippen molar-refractivity contribution in [3.8, 4) is 5.75 Å². The first-order valence-electron chi connectivity index (χ1n) is 7.35. The molecule has 0 aliphatic carbocycles. The second kappa shape index (κ2) is 6.60. The highest BCUT2D eigenvalue weighted by atomic mass is 35.5. The van der Waals surface area contributed by atoms with Gasteiger partial charge in [-0.15, -0.1) is 0 Å². The molecule has 1 fully saturated rings. The van der Waals surface area contributed by atoms with E-state index in [9.17, 15) is 4.79 Å². The first-order chi connectivity index (χ1) is 11.1. The van der Waals surface area contributed by atoms with Crippen LogP contribution in [0, 0.1) is 0 Å². The molecule has 2 aromatic rings. The number of ether oxygens (including phenoxy) is 2. The van der Waals surface area contributed by atoms with E-state index in [1.807, 2.05) is 12.1 Å². The number of pyridine rings is 1. The Morgan fingerprint density at radius 1 is 1.57 bits per heavy atom. The van der Waals surface area contributed by atoms with Gasteiger partial charge in [-0.3, -0.25) is 9.78 Å². The average molecular weight is 336 g/mol. The van der Waals surface area contributed by atoms with Crippen molar-refractivity contribution in [2.24, 2.45) is 5.73 Å². The van der Waals surface area contributed by atoms with E-state index in [1.54, 1.807) is 19.4 Å². The summed E-state index contributed by atoms with van der Waals surface area (Å²) in [6, 6.07) is 5.60. The molecular weight excluding hydrogens is 318 g/mol. The standard InChI is InChI=1S/C16H18ClN3O3/c1-22-15-8-13-11(12(17)2-3-19-13)7-14(15)20-4-5-23-10(9-20)6-16(18)21/h2-3,7-8,10H,4-6,9H2,1H3,(H2,18,21). The van der Waals surface area contributed by atoms with E-state index in [4.69, 9.17) is 26.8 Å². The second-order valence-corrected chi connectivity index (χ2v) is 5.85. The van der Waals surface area contributed by atoms with Gasteiger partial charge >= 0.3 is 0 Å². The minimum atomic E-state index is -0.366. The largest absolute Gasteiger partial charge is 0.495 e. The molecule has 3 rings (SSSR count). The number of primary amides is 1. The van der Waals surface area contributed by atoms with Crippen LogP contribution in [0.5, 0.6) is 5.75 Å². The number of morpholine rings is 1. The molecule has 2 N–H and O–H groups in total. The molecule has 1 unspecified atom stereocenters. The topological polar surface area (TPSA) is 77.7 Å². The third-order valence-electron chi connectivity index (χ3n) is 3.90. The fourth-order valence-electron chi connectivity index (χ4n) is 2.83. The molecule has 0 spiro atoms. The molecule has 1 aromatic carbocycles. The zero-order valence-corrected chi connectivity index (χ0v) is 13.5. The van der Waals surface area contributed by atoms with Gasteiger partial charge in [-0.05, 0) is 12.1 Å². The van der Waals surface area contributed by atoms with E-state index in [-0.39, 0.29) is 18.4 Å². The molecule has 1 aromatic heterocycles. The summed E-state index contributed by atoms with van der Waals surface area (Å²) in [7, 11) is 1.62. The Morgan fingerprint density at radius 2 is 2.39 bits per heavy atom. The maximum atomic E-state index is 11.1. The summed E-state index contributed by atoms with van der Waals surface area (Å²) in [5.74, 6) is 0.349. The number of nitrogens with two attached hydrogens (primary N) is 1. The van der Waals surface area contributed by atoms with Gasteiger partial charge in [-0.2, -0.15) is 0 Å². The molecule has 1 saturated heterocycles. The fourth-order valence-corrected chi connectivity index (χ4v) is 3.03. The van der Waals surface area contributed by atoms with Crippen LogP contribution < -0.4 is 15.4 Å². The van der Waals surface area contributed by atoms with Gasteiger partial charge in [0.15, 0.2) is 0 Å². The van der Waals surface area contributed by atoms with Gasteiger partial charge in [0.25, 0.3) is 0 Å². The third kappa shape index (κ3) is 3.33. The van der Waals surface area contributed by atoms with Crippen molar-refractivity contribution in [1.29, 1.82) is 0 Å². The molecule has 1 aliphatic heterocycles. The average Bonchev–Trinajstić information content (AvgIpc) is 2.53. The Morgan fingerprint density at radius 3 is 3.13 bits per heavy atom. The normalized spacial score (nSPS) is 18.2. The lowest BCUT2D eigenvalue weighted by molar-refractivity contribution is -0.121. The summed E-state index contributed by atoms with van der Waals surface area (Å²) in [6.45, 7) is 1.80. The number of rotatable bonds is 4. The Labute approximate surface area is 139 Å². The molecule has 6 nitrogen and oxygen atoms in total. The number of methoxy groups -OCH3 is 1. The lowest BCUT2D eigenvalue weighted by atomic mass is 10.1. The van der Waals surface area contributed by atoms with Crippen LogP contribution in [-0.4, -0.2) is 43.8 Å². The van der Waals surface area contributed by atoms with Gasteiger partial charge in [0, 0.05) is 30.7 Å². The zero-order valence-electron chi connectivity index (χ0n) is 12.8. The van der Waals surface area contributed by atoms with Crippen LogP contribution in [0.15, 0.2) is 24.4 Å². The smallest absolute Gasteiger partial charge is 0.220 e. The van der Waals surface area contributed by atoms with Crippen molar-refractivity contribution in [3.63, 3.8) is 0 Å². The predicted octanol–water partition coefficient (Wildman–Crippen LogP) is 1.98. The predicted molar refractivity (Wildman–Crippen MR) is 89.1 cm³/mol. The molecular formula is C16H18ClN3O3. The van der Waals surface area contributed by atoms with Gasteiger partial charge in [0.1, 0.15) is 5.75 Å². The fraction of sp³-hybridized carbons (Fsp3) is 0.375. The Hall–Kier alpha value is -2.05. The van der Waals surface area contributed by atoms with Crippen molar-refractivity contribution in [2.45, 2.75) is 12.5 Å². The number of anilines is 1. The summed E-state index contributed by atoms with van der Waals surface area (Å²) in [6.07, 6.45) is 1.65. The lowest BCUT2D eigenvalue weighted by Gasteiger charge is -2.35. The lowest BCUT2D eigenvalue weighted by Crippen LogP contribution is -2.44. The van der Waals surface area contributed by atoms with Crippen LogP contribution >= 0.6 is 11.6 Å². The van der Waals surface area contributed by atoms with Crippen LogP contribution in [0.3, 0.4) is 0 Å². The highest BCUT2D eigenvalue weighted by molar-refractivity contribution is 6.35. The zero-order chi connectivity index (χ0) is 16.4. The van der Waals surface area contributed by atoms with Crippen LogP contribution in [0.1, 0.15) is 6.42 Å². The van der Waals surface area contributed by atoms with Crippen molar-refractivity contribution >= 4 is 34.1 Å². The number of carbonyl (C=O) groups is 1. The number of benzene rings is 1. The molecule has 122 valence electrons. The van der Waals surface area contributed by atoms with E-state index >= 15 is 0 Å². The highest BCUT2D eigenvalue weighted by Gasteiger charge is 2.24. The minimum Gasteiger partial charge on any atom is -0.495 e. The molecule has 1 aliphatic rings. The second-order valence-electron chi connectivity index (χ2n) is 5.44. The molecule has 1 amide bonds. The van der Waals surface area contributed by atoms with E-state index in [0.717, 1.165) is 16.6 Å².